The van der Waals surface area contributed by atoms with E-state index in [4.69, 9.17) is 5.41 Å². The SMILES string of the molecule is CC(=N)c1ccccc1C1CC1. The highest BCUT2D eigenvalue weighted by atomic mass is 14.4. The van der Waals surface area contributed by atoms with Crippen LogP contribution >= 0.6 is 0 Å². The summed E-state index contributed by atoms with van der Waals surface area (Å²) in [6.07, 6.45) is 2.62. The van der Waals surface area contributed by atoms with Crippen molar-refractivity contribution in [1.29, 1.82) is 5.41 Å². The molecule has 1 fully saturated rings. The lowest BCUT2D eigenvalue weighted by Gasteiger charge is -2.05. The van der Waals surface area contributed by atoms with E-state index in [2.05, 4.69) is 18.2 Å². The van der Waals surface area contributed by atoms with Gasteiger partial charge in [0.1, 0.15) is 0 Å². The van der Waals surface area contributed by atoms with Crippen LogP contribution < -0.4 is 0 Å². The van der Waals surface area contributed by atoms with Gasteiger partial charge in [-0.15, -0.1) is 0 Å². The zero-order valence-corrected chi connectivity index (χ0v) is 7.30. The highest BCUT2D eigenvalue weighted by Gasteiger charge is 2.25. The van der Waals surface area contributed by atoms with Crippen LogP contribution in [0.4, 0.5) is 0 Å². The Morgan fingerprint density at radius 3 is 2.58 bits per heavy atom. The van der Waals surface area contributed by atoms with Gasteiger partial charge in [0.25, 0.3) is 0 Å². The fourth-order valence-electron chi connectivity index (χ4n) is 1.59. The van der Waals surface area contributed by atoms with E-state index >= 15 is 0 Å². The average molecular weight is 159 g/mol. The molecule has 12 heavy (non-hydrogen) atoms. The zero-order valence-electron chi connectivity index (χ0n) is 7.30. The predicted molar refractivity (Wildman–Crippen MR) is 50.9 cm³/mol. The minimum atomic E-state index is 0.692. The number of benzene rings is 1. The molecule has 0 heterocycles. The fraction of sp³-hybridized carbons (Fsp3) is 0.364. The molecule has 1 aliphatic carbocycles. The second kappa shape index (κ2) is 2.74. The van der Waals surface area contributed by atoms with E-state index in [9.17, 15) is 0 Å². The van der Waals surface area contributed by atoms with Gasteiger partial charge < -0.3 is 5.41 Å². The lowest BCUT2D eigenvalue weighted by atomic mass is 10.0. The first-order valence-corrected chi connectivity index (χ1v) is 4.43. The van der Waals surface area contributed by atoms with Gasteiger partial charge in [0.2, 0.25) is 0 Å². The highest BCUT2D eigenvalue weighted by Crippen LogP contribution is 2.41. The summed E-state index contributed by atoms with van der Waals surface area (Å²) < 4.78 is 0. The first kappa shape index (κ1) is 7.53. The number of hydrogen-bond donors (Lipinski definition) is 1. The molecule has 1 aromatic carbocycles. The topological polar surface area (TPSA) is 23.9 Å². The normalized spacial score (nSPS) is 16.1. The third-order valence-corrected chi connectivity index (χ3v) is 2.38. The van der Waals surface area contributed by atoms with Crippen molar-refractivity contribution >= 4 is 5.71 Å². The molecular weight excluding hydrogens is 146 g/mol. The Morgan fingerprint density at radius 2 is 2.00 bits per heavy atom. The van der Waals surface area contributed by atoms with Crippen LogP contribution in [0, 0.1) is 5.41 Å². The smallest absolute Gasteiger partial charge is 0.0358 e. The standard InChI is InChI=1S/C11H13N/c1-8(12)10-4-2-3-5-11(10)9-6-7-9/h2-5,9,12H,6-7H2,1H3. The third kappa shape index (κ3) is 1.27. The van der Waals surface area contributed by atoms with Crippen molar-refractivity contribution < 1.29 is 0 Å². The molecule has 0 amide bonds. The van der Waals surface area contributed by atoms with Crippen molar-refractivity contribution in [3.63, 3.8) is 0 Å². The van der Waals surface area contributed by atoms with Gasteiger partial charge in [0.15, 0.2) is 0 Å². The molecule has 0 aromatic heterocycles. The van der Waals surface area contributed by atoms with Crippen LogP contribution in [0.3, 0.4) is 0 Å². The molecule has 2 rings (SSSR count). The van der Waals surface area contributed by atoms with E-state index < -0.39 is 0 Å². The molecule has 0 radical (unpaired) electrons. The summed E-state index contributed by atoms with van der Waals surface area (Å²) in [4.78, 5) is 0. The Balaban J connectivity index is 2.43. The van der Waals surface area contributed by atoms with Crippen LogP contribution in [0.25, 0.3) is 0 Å². The van der Waals surface area contributed by atoms with E-state index in [0.717, 1.165) is 11.5 Å². The second-order valence-electron chi connectivity index (χ2n) is 3.49. The van der Waals surface area contributed by atoms with Gasteiger partial charge >= 0.3 is 0 Å². The largest absolute Gasteiger partial charge is 0.305 e. The summed E-state index contributed by atoms with van der Waals surface area (Å²) in [6.45, 7) is 1.86. The number of nitrogens with one attached hydrogen (secondary N) is 1. The molecule has 0 bridgehead atoms. The maximum absolute atomic E-state index is 7.60. The van der Waals surface area contributed by atoms with Crippen LogP contribution in [-0.2, 0) is 0 Å². The second-order valence-corrected chi connectivity index (χ2v) is 3.49. The Hall–Kier alpha value is -1.11. The Bertz CT molecular complexity index is 311. The quantitative estimate of drug-likeness (QED) is 0.641. The summed E-state index contributed by atoms with van der Waals surface area (Å²) in [5, 5.41) is 7.60. The third-order valence-electron chi connectivity index (χ3n) is 2.38. The predicted octanol–water partition coefficient (Wildman–Crippen LogP) is 2.95. The average Bonchev–Trinajstić information content (AvgIpc) is 2.87. The number of rotatable bonds is 2. The monoisotopic (exact) mass is 159 g/mol. The van der Waals surface area contributed by atoms with Crippen molar-refractivity contribution in [3.8, 4) is 0 Å². The van der Waals surface area contributed by atoms with E-state index in [0.29, 0.717) is 5.71 Å². The highest BCUT2D eigenvalue weighted by molar-refractivity contribution is 5.97. The van der Waals surface area contributed by atoms with Crippen LogP contribution in [0.5, 0.6) is 0 Å². The van der Waals surface area contributed by atoms with Gasteiger partial charge in [-0.2, -0.15) is 0 Å². The van der Waals surface area contributed by atoms with Crippen LogP contribution in [0.1, 0.15) is 36.8 Å². The molecule has 62 valence electrons. The molecule has 1 aromatic rings. The first-order chi connectivity index (χ1) is 5.79. The Kier molecular flexibility index (Phi) is 1.72. The van der Waals surface area contributed by atoms with Gasteiger partial charge in [-0.1, -0.05) is 24.3 Å². The molecule has 0 atom stereocenters. The van der Waals surface area contributed by atoms with Gasteiger partial charge in [-0.3, -0.25) is 0 Å². The summed E-state index contributed by atoms with van der Waals surface area (Å²) in [5.74, 6) is 0.751. The minimum Gasteiger partial charge on any atom is -0.305 e. The van der Waals surface area contributed by atoms with Crippen molar-refractivity contribution in [2.75, 3.05) is 0 Å². The lowest BCUT2D eigenvalue weighted by Crippen LogP contribution is -1.97. The van der Waals surface area contributed by atoms with Crippen LogP contribution in [-0.4, -0.2) is 5.71 Å². The fourth-order valence-corrected chi connectivity index (χ4v) is 1.59. The lowest BCUT2D eigenvalue weighted by molar-refractivity contribution is 1.12. The molecule has 0 saturated heterocycles. The maximum Gasteiger partial charge on any atom is 0.0358 e. The number of hydrogen-bond acceptors (Lipinski definition) is 1. The Morgan fingerprint density at radius 1 is 1.33 bits per heavy atom. The van der Waals surface area contributed by atoms with Crippen molar-refractivity contribution in [2.45, 2.75) is 25.7 Å². The van der Waals surface area contributed by atoms with Gasteiger partial charge in [0.05, 0.1) is 0 Å². The van der Waals surface area contributed by atoms with E-state index in [1.807, 2.05) is 13.0 Å². The first-order valence-electron chi connectivity index (χ1n) is 4.43. The van der Waals surface area contributed by atoms with Gasteiger partial charge in [0, 0.05) is 5.71 Å². The summed E-state index contributed by atoms with van der Waals surface area (Å²) in [7, 11) is 0. The molecule has 0 spiro atoms. The van der Waals surface area contributed by atoms with Crippen LogP contribution in [0.15, 0.2) is 24.3 Å². The minimum absolute atomic E-state index is 0.692. The van der Waals surface area contributed by atoms with Gasteiger partial charge in [-0.05, 0) is 36.8 Å². The van der Waals surface area contributed by atoms with Crippen LogP contribution in [0.2, 0.25) is 0 Å². The summed E-state index contributed by atoms with van der Waals surface area (Å²) in [6, 6.07) is 8.29. The van der Waals surface area contributed by atoms with Gasteiger partial charge in [-0.25, -0.2) is 0 Å². The molecule has 1 aliphatic rings. The molecule has 1 heteroatoms. The van der Waals surface area contributed by atoms with Crippen molar-refractivity contribution in [2.24, 2.45) is 0 Å². The summed E-state index contributed by atoms with van der Waals surface area (Å²) in [5.41, 5.74) is 3.21. The van der Waals surface area contributed by atoms with Crippen molar-refractivity contribution in [1.82, 2.24) is 0 Å². The Labute approximate surface area is 72.9 Å². The molecule has 0 aliphatic heterocycles. The molecule has 1 nitrogen and oxygen atoms in total. The molecule has 0 unspecified atom stereocenters. The molecule has 1 saturated carbocycles. The van der Waals surface area contributed by atoms with E-state index in [-0.39, 0.29) is 0 Å². The van der Waals surface area contributed by atoms with E-state index in [1.165, 1.54) is 18.4 Å². The molecule has 1 N–H and O–H groups in total. The summed E-state index contributed by atoms with van der Waals surface area (Å²) >= 11 is 0. The van der Waals surface area contributed by atoms with E-state index in [1.54, 1.807) is 0 Å². The van der Waals surface area contributed by atoms with Crippen molar-refractivity contribution in [3.05, 3.63) is 35.4 Å². The zero-order chi connectivity index (χ0) is 8.55. The molecular formula is C11H13N. The maximum atomic E-state index is 7.60.